The van der Waals surface area contributed by atoms with Gasteiger partial charge in [-0.3, -0.25) is 9.59 Å². The Labute approximate surface area is 122 Å². The summed E-state index contributed by atoms with van der Waals surface area (Å²) in [6, 6.07) is 4.83. The maximum atomic E-state index is 12.9. The van der Waals surface area contributed by atoms with E-state index in [4.69, 9.17) is 4.74 Å². The van der Waals surface area contributed by atoms with Crippen molar-refractivity contribution in [1.29, 1.82) is 0 Å². The molecule has 1 aromatic rings. The second-order valence-corrected chi connectivity index (χ2v) is 5.34. The van der Waals surface area contributed by atoms with Crippen molar-refractivity contribution < 1.29 is 18.7 Å². The third kappa shape index (κ3) is 2.96. The summed E-state index contributed by atoms with van der Waals surface area (Å²) in [4.78, 5) is 25.4. The predicted octanol–water partition coefficient (Wildman–Crippen LogP) is 1.23. The molecule has 1 aromatic carbocycles. The topological polar surface area (TPSA) is 58.6 Å². The average Bonchev–Trinajstić information content (AvgIpc) is 3.07. The van der Waals surface area contributed by atoms with Crippen LogP contribution in [0.3, 0.4) is 0 Å². The van der Waals surface area contributed by atoms with Gasteiger partial charge in [0, 0.05) is 13.2 Å². The van der Waals surface area contributed by atoms with E-state index < -0.39 is 11.9 Å². The Bertz CT molecular complexity index is 540. The summed E-state index contributed by atoms with van der Waals surface area (Å²) in [6.45, 7) is 1.33. The molecule has 2 atom stereocenters. The second-order valence-electron chi connectivity index (χ2n) is 5.34. The number of amides is 2. The Morgan fingerprint density at radius 3 is 2.71 bits per heavy atom. The van der Waals surface area contributed by atoms with Gasteiger partial charge < -0.3 is 10.1 Å². The van der Waals surface area contributed by atoms with Crippen LogP contribution in [0.1, 0.15) is 19.3 Å². The van der Waals surface area contributed by atoms with Gasteiger partial charge in [0.05, 0.1) is 24.3 Å². The van der Waals surface area contributed by atoms with Crippen LogP contribution in [0.15, 0.2) is 24.3 Å². The minimum atomic E-state index is -0.522. The zero-order valence-electron chi connectivity index (χ0n) is 11.5. The first kappa shape index (κ1) is 14.2. The van der Waals surface area contributed by atoms with Crippen molar-refractivity contribution in [2.24, 2.45) is 0 Å². The minimum absolute atomic E-state index is 0.118. The maximum absolute atomic E-state index is 12.9. The van der Waals surface area contributed by atoms with E-state index in [1.165, 1.54) is 24.3 Å². The van der Waals surface area contributed by atoms with Crippen LogP contribution in [0.4, 0.5) is 10.1 Å². The monoisotopic (exact) mass is 292 g/mol. The van der Waals surface area contributed by atoms with Gasteiger partial charge in [-0.15, -0.1) is 0 Å². The summed E-state index contributed by atoms with van der Waals surface area (Å²) in [5, 5.41) is 3.10. The molecule has 5 nitrogen and oxygen atoms in total. The van der Waals surface area contributed by atoms with Gasteiger partial charge in [-0.25, -0.2) is 9.29 Å². The molecular weight excluding hydrogens is 275 g/mol. The highest BCUT2D eigenvalue weighted by atomic mass is 19.1. The predicted molar refractivity (Wildman–Crippen MR) is 74.3 cm³/mol. The molecule has 3 rings (SSSR count). The van der Waals surface area contributed by atoms with Crippen molar-refractivity contribution in [1.82, 2.24) is 5.32 Å². The lowest BCUT2D eigenvalue weighted by Gasteiger charge is -2.17. The Morgan fingerprint density at radius 2 is 2.05 bits per heavy atom. The Morgan fingerprint density at radius 1 is 1.29 bits per heavy atom. The number of hydrogen-bond donors (Lipinski definition) is 1. The number of imide groups is 1. The summed E-state index contributed by atoms with van der Waals surface area (Å²) in [7, 11) is 0. The fourth-order valence-electron chi connectivity index (χ4n) is 2.73. The lowest BCUT2D eigenvalue weighted by Crippen LogP contribution is -2.41. The van der Waals surface area contributed by atoms with Gasteiger partial charge >= 0.3 is 0 Å². The lowest BCUT2D eigenvalue weighted by atomic mass is 10.2. The third-order valence-corrected chi connectivity index (χ3v) is 3.85. The van der Waals surface area contributed by atoms with Crippen LogP contribution in [0.2, 0.25) is 0 Å². The van der Waals surface area contributed by atoms with Crippen LogP contribution < -0.4 is 10.2 Å². The molecule has 0 aliphatic carbocycles. The van der Waals surface area contributed by atoms with E-state index in [1.54, 1.807) is 0 Å². The van der Waals surface area contributed by atoms with E-state index in [2.05, 4.69) is 5.32 Å². The number of nitrogens with zero attached hydrogens (tertiary/aromatic N) is 1. The van der Waals surface area contributed by atoms with Gasteiger partial charge in [0.1, 0.15) is 5.82 Å². The van der Waals surface area contributed by atoms with Crippen molar-refractivity contribution in [3.8, 4) is 0 Å². The summed E-state index contributed by atoms with van der Waals surface area (Å²) >= 11 is 0. The first-order valence-corrected chi connectivity index (χ1v) is 7.12. The smallest absolute Gasteiger partial charge is 0.251 e. The van der Waals surface area contributed by atoms with Gasteiger partial charge in [0.25, 0.3) is 5.91 Å². The molecule has 2 aliphatic rings. The van der Waals surface area contributed by atoms with Crippen LogP contribution >= 0.6 is 0 Å². The lowest BCUT2D eigenvalue weighted by molar-refractivity contribution is -0.121. The number of ether oxygens (including phenoxy) is 1. The van der Waals surface area contributed by atoms with E-state index >= 15 is 0 Å². The van der Waals surface area contributed by atoms with E-state index in [1.807, 2.05) is 0 Å². The molecule has 2 fully saturated rings. The van der Waals surface area contributed by atoms with Crippen molar-refractivity contribution in [3.05, 3.63) is 30.1 Å². The first-order valence-electron chi connectivity index (χ1n) is 7.12. The number of benzene rings is 1. The molecule has 2 aliphatic heterocycles. The number of anilines is 1. The first-order chi connectivity index (χ1) is 10.1. The zero-order chi connectivity index (χ0) is 14.8. The van der Waals surface area contributed by atoms with Gasteiger partial charge in [-0.05, 0) is 37.1 Å². The standard InChI is InChI=1S/C15H17FN2O3/c16-10-3-5-11(6-4-10)18-14(19)8-13(15(18)20)17-9-12-2-1-7-21-12/h3-6,12-13,17H,1-2,7-9H2. The third-order valence-electron chi connectivity index (χ3n) is 3.85. The minimum Gasteiger partial charge on any atom is -0.377 e. The molecular formula is C15H17FN2O3. The molecule has 0 radical (unpaired) electrons. The second kappa shape index (κ2) is 5.91. The molecule has 2 unspecified atom stereocenters. The highest BCUT2D eigenvalue weighted by molar-refractivity contribution is 6.22. The summed E-state index contributed by atoms with van der Waals surface area (Å²) in [5.41, 5.74) is 0.410. The fraction of sp³-hybridized carbons (Fsp3) is 0.467. The molecule has 0 spiro atoms. The van der Waals surface area contributed by atoms with Crippen molar-refractivity contribution >= 4 is 17.5 Å². The molecule has 0 bridgehead atoms. The molecule has 2 amide bonds. The quantitative estimate of drug-likeness (QED) is 0.848. The summed E-state index contributed by atoms with van der Waals surface area (Å²) in [5.74, 6) is -0.952. The zero-order valence-corrected chi connectivity index (χ0v) is 11.5. The number of carbonyl (C=O) groups excluding carboxylic acids is 2. The van der Waals surface area contributed by atoms with Crippen LogP contribution in [0.5, 0.6) is 0 Å². The fourth-order valence-corrected chi connectivity index (χ4v) is 2.73. The Kier molecular flexibility index (Phi) is 3.98. The van der Waals surface area contributed by atoms with Crippen LogP contribution in [0.25, 0.3) is 0 Å². The Balaban J connectivity index is 1.65. The van der Waals surface area contributed by atoms with Crippen LogP contribution in [0, 0.1) is 5.82 Å². The van der Waals surface area contributed by atoms with E-state index in [-0.39, 0.29) is 24.3 Å². The number of halogens is 1. The maximum Gasteiger partial charge on any atom is 0.251 e. The van der Waals surface area contributed by atoms with E-state index in [9.17, 15) is 14.0 Å². The SMILES string of the molecule is O=C1CC(NCC2CCCO2)C(=O)N1c1ccc(F)cc1. The molecule has 2 heterocycles. The van der Waals surface area contributed by atoms with Gasteiger partial charge in [0.15, 0.2) is 0 Å². The number of carbonyl (C=O) groups is 2. The molecule has 0 saturated carbocycles. The van der Waals surface area contributed by atoms with Crippen LogP contribution in [-0.4, -0.2) is 37.1 Å². The van der Waals surface area contributed by atoms with E-state index in [0.717, 1.165) is 24.3 Å². The Hall–Kier alpha value is -1.79. The normalized spacial score (nSPS) is 25.9. The number of hydrogen-bond acceptors (Lipinski definition) is 4. The van der Waals surface area contributed by atoms with Crippen molar-refractivity contribution in [2.75, 3.05) is 18.1 Å². The molecule has 112 valence electrons. The number of nitrogens with one attached hydrogen (secondary N) is 1. The van der Waals surface area contributed by atoms with Crippen LogP contribution in [-0.2, 0) is 14.3 Å². The number of rotatable bonds is 4. The molecule has 2 saturated heterocycles. The highest BCUT2D eigenvalue weighted by Gasteiger charge is 2.39. The van der Waals surface area contributed by atoms with Gasteiger partial charge in [0.2, 0.25) is 5.91 Å². The molecule has 6 heteroatoms. The molecule has 1 N–H and O–H groups in total. The summed E-state index contributed by atoms with van der Waals surface area (Å²) < 4.78 is 18.4. The highest BCUT2D eigenvalue weighted by Crippen LogP contribution is 2.23. The molecule has 0 aromatic heterocycles. The summed E-state index contributed by atoms with van der Waals surface area (Å²) in [6.07, 6.45) is 2.26. The molecule has 21 heavy (non-hydrogen) atoms. The van der Waals surface area contributed by atoms with E-state index in [0.29, 0.717) is 12.2 Å². The average molecular weight is 292 g/mol. The van der Waals surface area contributed by atoms with Crippen molar-refractivity contribution in [3.63, 3.8) is 0 Å². The van der Waals surface area contributed by atoms with Gasteiger partial charge in [-0.2, -0.15) is 0 Å². The largest absolute Gasteiger partial charge is 0.377 e. The van der Waals surface area contributed by atoms with Crippen molar-refractivity contribution in [2.45, 2.75) is 31.4 Å². The van der Waals surface area contributed by atoms with Gasteiger partial charge in [-0.1, -0.05) is 0 Å².